The number of aromatic nitrogens is 2. The van der Waals surface area contributed by atoms with Crippen molar-refractivity contribution >= 4 is 10.0 Å². The summed E-state index contributed by atoms with van der Waals surface area (Å²) in [5.41, 5.74) is 0.622. The molecule has 1 aliphatic heterocycles. The van der Waals surface area contributed by atoms with Gasteiger partial charge < -0.3 is 9.84 Å². The zero-order chi connectivity index (χ0) is 18.6. The molecule has 1 atom stereocenters. The Kier molecular flexibility index (Phi) is 6.05. The molecule has 1 saturated heterocycles. The van der Waals surface area contributed by atoms with E-state index in [1.54, 1.807) is 28.6 Å². The third-order valence-corrected chi connectivity index (χ3v) is 6.63. The second kappa shape index (κ2) is 8.28. The van der Waals surface area contributed by atoms with E-state index in [4.69, 9.17) is 4.52 Å². The molecular weight excluding hydrogens is 352 g/mol. The minimum absolute atomic E-state index is 0.232. The lowest BCUT2D eigenvalue weighted by molar-refractivity contribution is 0.417. The first-order chi connectivity index (χ1) is 12.5. The minimum Gasteiger partial charge on any atom is -0.334 e. The zero-order valence-electron chi connectivity index (χ0n) is 15.3. The predicted molar refractivity (Wildman–Crippen MR) is 99.2 cm³/mol. The second-order valence-electron chi connectivity index (χ2n) is 6.76. The summed E-state index contributed by atoms with van der Waals surface area (Å²) in [5, 5.41) is 7.12. The van der Waals surface area contributed by atoms with Gasteiger partial charge in [-0.05, 0) is 45.0 Å². The molecule has 0 bridgehead atoms. The van der Waals surface area contributed by atoms with E-state index >= 15 is 0 Å². The highest BCUT2D eigenvalue weighted by Crippen LogP contribution is 2.25. The highest BCUT2D eigenvalue weighted by Gasteiger charge is 2.25. The first-order valence-corrected chi connectivity index (χ1v) is 10.5. The van der Waals surface area contributed by atoms with Gasteiger partial charge in [-0.2, -0.15) is 9.29 Å². The van der Waals surface area contributed by atoms with Crippen LogP contribution in [0.1, 0.15) is 38.4 Å². The van der Waals surface area contributed by atoms with E-state index in [0.717, 1.165) is 25.7 Å². The van der Waals surface area contributed by atoms with Crippen molar-refractivity contribution in [2.24, 2.45) is 0 Å². The maximum atomic E-state index is 13.0. The number of hydrogen-bond donors (Lipinski definition) is 1. The van der Waals surface area contributed by atoms with Crippen molar-refractivity contribution in [1.29, 1.82) is 0 Å². The molecule has 2 heterocycles. The first-order valence-electron chi connectivity index (χ1n) is 9.11. The van der Waals surface area contributed by atoms with Crippen LogP contribution in [0.4, 0.5) is 0 Å². The fourth-order valence-corrected chi connectivity index (χ4v) is 4.61. The summed E-state index contributed by atoms with van der Waals surface area (Å²) in [7, 11) is -1.62. The summed E-state index contributed by atoms with van der Waals surface area (Å²) in [6, 6.07) is 7.00. The van der Waals surface area contributed by atoms with Crippen LogP contribution in [0.5, 0.6) is 0 Å². The van der Waals surface area contributed by atoms with Crippen LogP contribution in [-0.2, 0) is 16.4 Å². The maximum Gasteiger partial charge on any atom is 0.257 e. The van der Waals surface area contributed by atoms with Gasteiger partial charge in [-0.15, -0.1) is 0 Å². The van der Waals surface area contributed by atoms with Crippen LogP contribution >= 0.6 is 0 Å². The van der Waals surface area contributed by atoms with Crippen molar-refractivity contribution in [1.82, 2.24) is 19.8 Å². The lowest BCUT2D eigenvalue weighted by Gasteiger charge is -2.20. The van der Waals surface area contributed by atoms with E-state index < -0.39 is 10.0 Å². The summed E-state index contributed by atoms with van der Waals surface area (Å²) in [5.74, 6) is 0.943. The van der Waals surface area contributed by atoms with Crippen LogP contribution in [0.2, 0.25) is 0 Å². The molecule has 2 aromatic rings. The first kappa shape index (κ1) is 19.0. The number of rotatable bonds is 6. The van der Waals surface area contributed by atoms with Crippen molar-refractivity contribution in [2.75, 3.05) is 20.1 Å². The molecule has 1 fully saturated rings. The van der Waals surface area contributed by atoms with Gasteiger partial charge in [0.05, 0.1) is 4.90 Å². The quantitative estimate of drug-likeness (QED) is 0.831. The van der Waals surface area contributed by atoms with Gasteiger partial charge in [0.15, 0.2) is 5.82 Å². The molecule has 3 rings (SSSR count). The summed E-state index contributed by atoms with van der Waals surface area (Å²) in [4.78, 5) is 4.67. The lowest BCUT2D eigenvalue weighted by atomic mass is 10.2. The fourth-order valence-electron chi connectivity index (χ4n) is 3.05. The fraction of sp³-hybridized carbons (Fsp3) is 0.556. The maximum absolute atomic E-state index is 13.0. The molecule has 0 radical (unpaired) electrons. The van der Waals surface area contributed by atoms with E-state index in [1.807, 2.05) is 14.0 Å². The summed E-state index contributed by atoms with van der Waals surface area (Å²) < 4.78 is 32.9. The van der Waals surface area contributed by atoms with Gasteiger partial charge in [-0.3, -0.25) is 0 Å². The van der Waals surface area contributed by atoms with E-state index in [1.165, 1.54) is 0 Å². The number of likely N-dealkylation sites (N-methyl/N-ethyl adjacent to an activating group) is 1. The number of benzene rings is 1. The van der Waals surface area contributed by atoms with Crippen molar-refractivity contribution in [2.45, 2.75) is 50.0 Å². The van der Waals surface area contributed by atoms with Crippen LogP contribution in [-0.4, -0.2) is 49.0 Å². The van der Waals surface area contributed by atoms with Crippen LogP contribution in [0.15, 0.2) is 33.7 Å². The van der Waals surface area contributed by atoms with Gasteiger partial charge in [0.1, 0.15) is 0 Å². The molecular formula is C18H26N4O3S. The molecule has 1 aromatic carbocycles. The van der Waals surface area contributed by atoms with Crippen molar-refractivity contribution in [3.63, 3.8) is 0 Å². The molecule has 0 amide bonds. The average Bonchev–Trinajstić information content (AvgIpc) is 2.93. The van der Waals surface area contributed by atoms with Crippen LogP contribution in [0.3, 0.4) is 0 Å². The van der Waals surface area contributed by atoms with Gasteiger partial charge in [-0.1, -0.05) is 24.1 Å². The highest BCUT2D eigenvalue weighted by atomic mass is 32.2. The standard InChI is InChI=1S/C18H26N4O3S/c1-14(19-2)12-17-20-18(25-21-17)15-8-7-9-16(13-15)26(23,24)22-10-5-3-4-6-11-22/h7-9,13-14,19H,3-6,10-12H2,1-2H3. The molecule has 0 aliphatic carbocycles. The SMILES string of the molecule is CNC(C)Cc1noc(-c2cccc(S(=O)(=O)N3CCCCCC3)c2)n1. The Labute approximate surface area is 154 Å². The molecule has 26 heavy (non-hydrogen) atoms. The molecule has 7 nitrogen and oxygen atoms in total. The smallest absolute Gasteiger partial charge is 0.257 e. The molecule has 8 heteroatoms. The van der Waals surface area contributed by atoms with E-state index in [0.29, 0.717) is 36.8 Å². The van der Waals surface area contributed by atoms with Crippen molar-refractivity contribution in [3.8, 4) is 11.5 Å². The Morgan fingerprint density at radius 3 is 2.65 bits per heavy atom. The zero-order valence-corrected chi connectivity index (χ0v) is 16.1. The Balaban J connectivity index is 1.84. The topological polar surface area (TPSA) is 88.3 Å². The summed E-state index contributed by atoms with van der Waals surface area (Å²) >= 11 is 0. The third kappa shape index (κ3) is 4.31. The van der Waals surface area contributed by atoms with E-state index in [2.05, 4.69) is 15.5 Å². The Hall–Kier alpha value is -1.77. The minimum atomic E-state index is -3.50. The second-order valence-corrected chi connectivity index (χ2v) is 8.69. The molecule has 1 aliphatic rings. The number of nitrogens with zero attached hydrogens (tertiary/aromatic N) is 3. The Morgan fingerprint density at radius 2 is 1.96 bits per heavy atom. The van der Waals surface area contributed by atoms with Gasteiger partial charge in [-0.25, -0.2) is 8.42 Å². The lowest BCUT2D eigenvalue weighted by Crippen LogP contribution is -2.31. The molecule has 1 aromatic heterocycles. The van der Waals surface area contributed by atoms with Crippen molar-refractivity contribution in [3.05, 3.63) is 30.1 Å². The van der Waals surface area contributed by atoms with Gasteiger partial charge in [0.25, 0.3) is 5.89 Å². The molecule has 0 spiro atoms. The number of sulfonamides is 1. The van der Waals surface area contributed by atoms with Gasteiger partial charge in [0.2, 0.25) is 10.0 Å². The van der Waals surface area contributed by atoms with Gasteiger partial charge in [0, 0.05) is 31.1 Å². The average molecular weight is 378 g/mol. The Bertz CT molecular complexity index is 826. The molecule has 142 valence electrons. The van der Waals surface area contributed by atoms with E-state index in [9.17, 15) is 8.42 Å². The summed E-state index contributed by atoms with van der Waals surface area (Å²) in [6.45, 7) is 3.20. The molecule has 1 N–H and O–H groups in total. The molecule has 0 saturated carbocycles. The van der Waals surface area contributed by atoms with Crippen LogP contribution < -0.4 is 5.32 Å². The largest absolute Gasteiger partial charge is 0.334 e. The predicted octanol–water partition coefficient (Wildman–Crippen LogP) is 2.45. The normalized spacial score (nSPS) is 17.8. The van der Waals surface area contributed by atoms with E-state index in [-0.39, 0.29) is 10.9 Å². The monoisotopic (exact) mass is 378 g/mol. The molecule has 1 unspecified atom stereocenters. The van der Waals surface area contributed by atoms with Crippen LogP contribution in [0, 0.1) is 0 Å². The van der Waals surface area contributed by atoms with Crippen molar-refractivity contribution < 1.29 is 12.9 Å². The highest BCUT2D eigenvalue weighted by molar-refractivity contribution is 7.89. The number of hydrogen-bond acceptors (Lipinski definition) is 6. The summed E-state index contributed by atoms with van der Waals surface area (Å²) in [6.07, 6.45) is 4.64. The number of nitrogens with one attached hydrogen (secondary N) is 1. The Morgan fingerprint density at radius 1 is 1.23 bits per heavy atom. The third-order valence-electron chi connectivity index (χ3n) is 4.73. The van der Waals surface area contributed by atoms with Crippen LogP contribution in [0.25, 0.3) is 11.5 Å². The van der Waals surface area contributed by atoms with Gasteiger partial charge >= 0.3 is 0 Å².